The number of carbonyl (C=O) groups is 1. The number of nitrogens with one attached hydrogen (secondary N) is 3. The van der Waals surface area contributed by atoms with Gasteiger partial charge in [-0.15, -0.1) is 0 Å². The van der Waals surface area contributed by atoms with Crippen LogP contribution in [0.5, 0.6) is 11.6 Å². The predicted octanol–water partition coefficient (Wildman–Crippen LogP) is 3.57. The molecule has 0 saturated carbocycles. The molecule has 0 saturated heterocycles. The molecular weight excluding hydrogens is 330 g/mol. The van der Waals surface area contributed by atoms with Crippen LogP contribution in [0.15, 0.2) is 55.0 Å². The number of hydrogen-bond acceptors (Lipinski definition) is 4. The van der Waals surface area contributed by atoms with Crippen LogP contribution in [0.25, 0.3) is 0 Å². The third-order valence-corrected chi connectivity index (χ3v) is 3.25. The van der Waals surface area contributed by atoms with Crippen LogP contribution in [0.3, 0.4) is 0 Å². The molecule has 0 atom stereocenters. The summed E-state index contributed by atoms with van der Waals surface area (Å²) in [6, 6.07) is 9.98. The van der Waals surface area contributed by atoms with Gasteiger partial charge >= 0.3 is 6.03 Å². The maximum Gasteiger partial charge on any atom is 0.319 e. The van der Waals surface area contributed by atoms with E-state index in [4.69, 9.17) is 16.3 Å². The summed E-state index contributed by atoms with van der Waals surface area (Å²) in [7, 11) is 0. The normalized spacial score (nSPS) is 10.2. The third-order valence-electron chi connectivity index (χ3n) is 3.00. The summed E-state index contributed by atoms with van der Waals surface area (Å²) in [6.07, 6.45) is 4.83. The van der Waals surface area contributed by atoms with E-state index in [0.29, 0.717) is 34.7 Å². The van der Waals surface area contributed by atoms with Crippen molar-refractivity contribution in [2.24, 2.45) is 0 Å². The maximum absolute atomic E-state index is 11.8. The fraction of sp³-hybridized carbons (Fsp3) is 0.0625. The Morgan fingerprint density at radius 3 is 2.67 bits per heavy atom. The number of hydrogen-bond donors (Lipinski definition) is 3. The van der Waals surface area contributed by atoms with Gasteiger partial charge in [-0.1, -0.05) is 11.6 Å². The van der Waals surface area contributed by atoms with Crippen molar-refractivity contribution in [2.75, 3.05) is 5.32 Å². The van der Waals surface area contributed by atoms with Crippen molar-refractivity contribution >= 4 is 23.3 Å². The summed E-state index contributed by atoms with van der Waals surface area (Å²) >= 11 is 5.82. The number of carbonyl (C=O) groups excluding carboxylic acids is 1. The maximum atomic E-state index is 11.8. The number of pyridine rings is 1. The van der Waals surface area contributed by atoms with Gasteiger partial charge < -0.3 is 20.4 Å². The van der Waals surface area contributed by atoms with Crippen molar-refractivity contribution in [3.63, 3.8) is 0 Å². The van der Waals surface area contributed by atoms with Gasteiger partial charge in [0.2, 0.25) is 5.88 Å². The molecule has 0 aliphatic rings. The number of ether oxygens (including phenoxy) is 1. The minimum atomic E-state index is -0.348. The van der Waals surface area contributed by atoms with Gasteiger partial charge in [0.25, 0.3) is 0 Å². The molecule has 7 nitrogen and oxygen atoms in total. The molecule has 0 radical (unpaired) electrons. The SMILES string of the molecule is O=C(NCc1ncc[nH]1)Nc1ccc(Oc2ccc(Cl)cc2)nc1. The van der Waals surface area contributed by atoms with Crippen molar-refractivity contribution in [3.05, 3.63) is 65.8 Å². The van der Waals surface area contributed by atoms with Crippen molar-refractivity contribution < 1.29 is 9.53 Å². The van der Waals surface area contributed by atoms with E-state index in [0.717, 1.165) is 0 Å². The third kappa shape index (κ3) is 4.47. The van der Waals surface area contributed by atoms with Gasteiger partial charge in [0.05, 0.1) is 18.4 Å². The van der Waals surface area contributed by atoms with Crippen LogP contribution in [0.2, 0.25) is 5.02 Å². The van der Waals surface area contributed by atoms with Crippen LogP contribution < -0.4 is 15.4 Å². The summed E-state index contributed by atoms with van der Waals surface area (Å²) in [5.41, 5.74) is 0.551. The number of halogens is 1. The van der Waals surface area contributed by atoms with Crippen LogP contribution in [-0.2, 0) is 6.54 Å². The quantitative estimate of drug-likeness (QED) is 0.660. The molecule has 2 amide bonds. The van der Waals surface area contributed by atoms with Gasteiger partial charge in [-0.3, -0.25) is 0 Å². The van der Waals surface area contributed by atoms with Gasteiger partial charge in [0, 0.05) is 23.5 Å². The van der Waals surface area contributed by atoms with E-state index in [9.17, 15) is 4.79 Å². The van der Waals surface area contributed by atoms with E-state index in [2.05, 4.69) is 25.6 Å². The number of nitrogens with zero attached hydrogens (tertiary/aromatic N) is 2. The first kappa shape index (κ1) is 15.8. The van der Waals surface area contributed by atoms with Gasteiger partial charge in [-0.05, 0) is 30.3 Å². The molecule has 8 heteroatoms. The van der Waals surface area contributed by atoms with Gasteiger partial charge in [0.15, 0.2) is 0 Å². The average Bonchev–Trinajstić information content (AvgIpc) is 3.10. The number of anilines is 1. The van der Waals surface area contributed by atoms with Crippen molar-refractivity contribution in [3.8, 4) is 11.6 Å². The molecule has 122 valence electrons. The van der Waals surface area contributed by atoms with E-state index in [-0.39, 0.29) is 6.03 Å². The van der Waals surface area contributed by atoms with E-state index in [1.54, 1.807) is 48.8 Å². The fourth-order valence-corrected chi connectivity index (χ4v) is 2.00. The molecule has 3 aromatic rings. The molecule has 0 aliphatic heterocycles. The lowest BCUT2D eigenvalue weighted by molar-refractivity contribution is 0.251. The Labute approximate surface area is 143 Å². The molecule has 24 heavy (non-hydrogen) atoms. The summed E-state index contributed by atoms with van der Waals surface area (Å²) in [6.45, 7) is 0.310. The lowest BCUT2D eigenvalue weighted by Gasteiger charge is -2.08. The molecular formula is C16H14ClN5O2. The van der Waals surface area contributed by atoms with Crippen LogP contribution in [-0.4, -0.2) is 21.0 Å². The monoisotopic (exact) mass is 343 g/mol. The number of rotatable bonds is 5. The van der Waals surface area contributed by atoms with Gasteiger partial charge in [0.1, 0.15) is 11.6 Å². The topological polar surface area (TPSA) is 91.9 Å². The van der Waals surface area contributed by atoms with Crippen molar-refractivity contribution in [1.82, 2.24) is 20.3 Å². The Balaban J connectivity index is 1.52. The van der Waals surface area contributed by atoms with E-state index in [1.807, 2.05) is 0 Å². The van der Waals surface area contributed by atoms with Gasteiger partial charge in [-0.2, -0.15) is 0 Å². The molecule has 1 aromatic carbocycles. The van der Waals surface area contributed by atoms with E-state index < -0.39 is 0 Å². The molecule has 0 unspecified atom stereocenters. The Kier molecular flexibility index (Phi) is 4.93. The van der Waals surface area contributed by atoms with E-state index in [1.165, 1.54) is 6.20 Å². The summed E-state index contributed by atoms with van der Waals surface area (Å²) in [5, 5.41) is 5.99. The molecule has 0 bridgehead atoms. The summed E-state index contributed by atoms with van der Waals surface area (Å²) < 4.78 is 5.58. The Hall–Kier alpha value is -3.06. The lowest BCUT2D eigenvalue weighted by Crippen LogP contribution is -2.28. The highest BCUT2D eigenvalue weighted by molar-refractivity contribution is 6.30. The second-order valence-corrected chi connectivity index (χ2v) is 5.22. The first-order valence-corrected chi connectivity index (χ1v) is 7.49. The van der Waals surface area contributed by atoms with Crippen molar-refractivity contribution in [2.45, 2.75) is 6.54 Å². The number of amides is 2. The second-order valence-electron chi connectivity index (χ2n) is 4.78. The van der Waals surface area contributed by atoms with Crippen LogP contribution >= 0.6 is 11.6 Å². The Bertz CT molecular complexity index is 788. The standard InChI is InChI=1S/C16H14ClN5O2/c17-11-1-4-13(5-2-11)24-15-6-3-12(9-20-15)22-16(23)21-10-14-18-7-8-19-14/h1-9H,10H2,(H,18,19)(H2,21,22,23). The average molecular weight is 344 g/mol. The molecule has 3 N–H and O–H groups in total. The highest BCUT2D eigenvalue weighted by Gasteiger charge is 2.04. The second kappa shape index (κ2) is 7.47. The molecule has 2 aromatic heterocycles. The highest BCUT2D eigenvalue weighted by atomic mass is 35.5. The molecule has 0 aliphatic carbocycles. The number of benzene rings is 1. The Morgan fingerprint density at radius 2 is 2.00 bits per heavy atom. The number of H-pyrrole nitrogens is 1. The molecule has 0 fully saturated rings. The lowest BCUT2D eigenvalue weighted by atomic mass is 10.3. The van der Waals surface area contributed by atoms with Crippen LogP contribution in [0.1, 0.15) is 5.82 Å². The predicted molar refractivity (Wildman–Crippen MR) is 90.2 cm³/mol. The van der Waals surface area contributed by atoms with Crippen molar-refractivity contribution in [1.29, 1.82) is 0 Å². The zero-order valence-electron chi connectivity index (χ0n) is 12.5. The fourth-order valence-electron chi connectivity index (χ4n) is 1.87. The highest BCUT2D eigenvalue weighted by Crippen LogP contribution is 2.22. The van der Waals surface area contributed by atoms with Crippen LogP contribution in [0, 0.1) is 0 Å². The minimum Gasteiger partial charge on any atom is -0.439 e. The van der Waals surface area contributed by atoms with E-state index >= 15 is 0 Å². The molecule has 2 heterocycles. The number of aromatic amines is 1. The largest absolute Gasteiger partial charge is 0.439 e. The minimum absolute atomic E-state index is 0.310. The van der Waals surface area contributed by atoms with Crippen LogP contribution in [0.4, 0.5) is 10.5 Å². The first-order chi connectivity index (χ1) is 11.7. The zero-order chi connectivity index (χ0) is 16.8. The smallest absolute Gasteiger partial charge is 0.319 e. The van der Waals surface area contributed by atoms with Gasteiger partial charge in [-0.25, -0.2) is 14.8 Å². The number of urea groups is 1. The molecule has 3 rings (SSSR count). The first-order valence-electron chi connectivity index (χ1n) is 7.11. The summed E-state index contributed by atoms with van der Waals surface area (Å²) in [4.78, 5) is 22.8. The number of imidazole rings is 1. The Morgan fingerprint density at radius 1 is 1.17 bits per heavy atom. The molecule has 0 spiro atoms. The summed E-state index contributed by atoms with van der Waals surface area (Å²) in [5.74, 6) is 1.72. The number of aromatic nitrogens is 3. The zero-order valence-corrected chi connectivity index (χ0v) is 13.2.